The van der Waals surface area contributed by atoms with Crippen molar-refractivity contribution in [3.63, 3.8) is 0 Å². The molecule has 0 aliphatic rings. The van der Waals surface area contributed by atoms with E-state index in [-0.39, 0.29) is 101 Å². The largest absolute Gasteiger partial charge is 0.412 e. The fourth-order valence-corrected chi connectivity index (χ4v) is 0. The molecule has 6 N–H and O–H groups in total. The number of rotatable bonds is 0. The van der Waals surface area contributed by atoms with Gasteiger partial charge >= 0.3 is 0 Å². The molecule has 0 aliphatic heterocycles. The van der Waals surface area contributed by atoms with Crippen LogP contribution in [-0.4, -0.2) is 61.9 Å². The zero-order valence-electron chi connectivity index (χ0n) is 2.91. The third-order valence-corrected chi connectivity index (χ3v) is 0. The first kappa shape index (κ1) is 73.3. The van der Waals surface area contributed by atoms with E-state index in [1.807, 2.05) is 0 Å². The first-order chi connectivity index (χ1) is 0. The monoisotopic (exact) mass is 346 g/mol. The van der Waals surface area contributed by atoms with Gasteiger partial charge in [-0.25, -0.2) is 0 Å². The average molecular weight is 344 g/mol. The molecule has 0 aliphatic carbocycles. The maximum absolute atomic E-state index is 0. The van der Waals surface area contributed by atoms with Crippen LogP contribution >= 0.6 is 0 Å². The van der Waals surface area contributed by atoms with Gasteiger partial charge in [0.15, 0.2) is 0 Å². The van der Waals surface area contributed by atoms with Crippen LogP contribution in [0.5, 0.6) is 0 Å². The van der Waals surface area contributed by atoms with Crippen LogP contribution < -0.4 is 0 Å². The maximum atomic E-state index is 0. The zero-order valence-corrected chi connectivity index (χ0v) is 9.87. The molecule has 0 atom stereocenters. The van der Waals surface area contributed by atoms with Crippen molar-refractivity contribution in [1.29, 1.82) is 0 Å². The Morgan fingerprint density at radius 1 is 0.500 bits per heavy atom. The Morgan fingerprint density at radius 2 is 0.500 bits per heavy atom. The van der Waals surface area contributed by atoms with Crippen LogP contribution in [0, 0.1) is 0 Å². The Hall–Kier alpha value is 2.61. The van der Waals surface area contributed by atoms with Crippen LogP contribution in [0.1, 0.15) is 0 Å². The van der Waals surface area contributed by atoms with Gasteiger partial charge in [0.05, 0.1) is 0 Å². The maximum Gasteiger partial charge on any atom is 0 e. The summed E-state index contributed by atoms with van der Waals surface area (Å²) in [5.74, 6) is 0. The first-order valence-electron chi connectivity index (χ1n) is 0. The third-order valence-electron chi connectivity index (χ3n) is 0. The summed E-state index contributed by atoms with van der Waals surface area (Å²) in [6.45, 7) is 0. The van der Waals surface area contributed by atoms with E-state index in [0.29, 0.717) is 0 Å². The predicted octanol–water partition coefficient (Wildman–Crippen LogP) is -2.86. The van der Waals surface area contributed by atoms with Gasteiger partial charge in [0.2, 0.25) is 0 Å². The van der Waals surface area contributed by atoms with Crippen LogP contribution in [0.3, 0.4) is 0 Å². The molecule has 0 aromatic rings. The third kappa shape index (κ3) is 30.6. The molecule has 6 heavy (non-hydrogen) atoms. The minimum Gasteiger partial charge on any atom is -0.412 e. The molecule has 42 valence electrons. The molecule has 0 fully saturated rings. The fraction of sp³-hybridized carbons (Fsp3) is 0. The van der Waals surface area contributed by atoms with Gasteiger partial charge in [-0.3, -0.25) is 0 Å². The van der Waals surface area contributed by atoms with E-state index in [0.717, 1.165) is 0 Å². The van der Waals surface area contributed by atoms with E-state index in [4.69, 9.17) is 0 Å². The molecule has 0 aromatic carbocycles. The summed E-state index contributed by atoms with van der Waals surface area (Å²) in [6, 6.07) is 0. The van der Waals surface area contributed by atoms with Gasteiger partial charge in [-0.15, -0.1) is 0 Å². The van der Waals surface area contributed by atoms with Crippen molar-refractivity contribution in [3.05, 3.63) is 0 Å². The van der Waals surface area contributed by atoms with E-state index in [9.17, 15) is 0 Å². The Labute approximate surface area is 99.0 Å². The summed E-state index contributed by atoms with van der Waals surface area (Å²) in [7, 11) is 0. The topological polar surface area (TPSA) is 94.5 Å². The molecule has 3 nitrogen and oxygen atoms in total. The van der Waals surface area contributed by atoms with Crippen LogP contribution in [-0.2, 0) is 39.0 Å². The minimum atomic E-state index is 0. The molecule has 0 aromatic heterocycles. The molecule has 0 saturated carbocycles. The number of hydrogen-bond acceptors (Lipinski definition) is 0. The summed E-state index contributed by atoms with van der Waals surface area (Å²) in [5.41, 5.74) is 0. The van der Waals surface area contributed by atoms with Gasteiger partial charge < -0.3 is 16.4 Å². The van der Waals surface area contributed by atoms with Crippen molar-refractivity contribution in [2.75, 3.05) is 0 Å². The van der Waals surface area contributed by atoms with Gasteiger partial charge in [0.25, 0.3) is 0 Å². The smallest absolute Gasteiger partial charge is 0 e. The van der Waals surface area contributed by atoms with Crippen molar-refractivity contribution in [2.45, 2.75) is 0 Å². The van der Waals surface area contributed by atoms with Crippen molar-refractivity contribution >= 4 is 45.5 Å². The summed E-state index contributed by atoms with van der Waals surface area (Å²) in [6.07, 6.45) is 0. The van der Waals surface area contributed by atoms with E-state index >= 15 is 0 Å². The normalized spacial score (nSPS) is 0. The van der Waals surface area contributed by atoms with Crippen LogP contribution in [0.15, 0.2) is 0 Å². The first-order valence-corrected chi connectivity index (χ1v) is 0. The Morgan fingerprint density at radius 3 is 0.500 bits per heavy atom. The van der Waals surface area contributed by atoms with E-state index in [1.165, 1.54) is 0 Å². The van der Waals surface area contributed by atoms with Gasteiger partial charge in [-0.05, 0) is 0 Å². The summed E-state index contributed by atoms with van der Waals surface area (Å²) in [5, 5.41) is 0. The van der Waals surface area contributed by atoms with Gasteiger partial charge in [0, 0.05) is 84.4 Å². The summed E-state index contributed by atoms with van der Waals surface area (Å²) in [4.78, 5) is 0. The second-order valence-corrected chi connectivity index (χ2v) is 0. The Balaban J connectivity index is 0. The minimum absolute atomic E-state index is 0. The number of hydrogen-bond donors (Lipinski definition) is 0. The standard InChI is InChI=1S/3H2O.2Ru.Sr/h3*1H2;;;. The second-order valence-electron chi connectivity index (χ2n) is 0. The van der Waals surface area contributed by atoms with Crippen molar-refractivity contribution in [2.24, 2.45) is 0 Å². The Bertz CT molecular complexity index is 8.75. The molecule has 0 heterocycles. The van der Waals surface area contributed by atoms with Gasteiger partial charge in [-0.2, -0.15) is 0 Å². The van der Waals surface area contributed by atoms with Crippen molar-refractivity contribution in [3.8, 4) is 0 Å². The molecule has 0 bridgehead atoms. The van der Waals surface area contributed by atoms with Crippen LogP contribution in [0.25, 0.3) is 0 Å². The fourth-order valence-electron chi connectivity index (χ4n) is 0. The van der Waals surface area contributed by atoms with Crippen molar-refractivity contribution < 1.29 is 55.4 Å². The molecule has 0 saturated heterocycles. The van der Waals surface area contributed by atoms with Crippen LogP contribution in [0.4, 0.5) is 0 Å². The molecule has 0 amide bonds. The van der Waals surface area contributed by atoms with Gasteiger partial charge in [-0.1, -0.05) is 0 Å². The van der Waals surface area contributed by atoms with E-state index < -0.39 is 0 Å². The van der Waals surface area contributed by atoms with Crippen molar-refractivity contribution in [1.82, 2.24) is 0 Å². The summed E-state index contributed by atoms with van der Waals surface area (Å²) >= 11 is 0. The second kappa shape index (κ2) is 48.9. The molecule has 0 unspecified atom stereocenters. The average Bonchev–Trinajstić information content (AvgIpc) is 0. The van der Waals surface area contributed by atoms with E-state index in [2.05, 4.69) is 0 Å². The molecule has 2 radical (unpaired) electrons. The molecule has 0 rings (SSSR count). The zero-order chi connectivity index (χ0) is 0. The Kier molecular flexibility index (Phi) is 597. The molecule has 0 spiro atoms. The quantitative estimate of drug-likeness (QED) is 0.423. The summed E-state index contributed by atoms with van der Waals surface area (Å²) < 4.78 is 0. The van der Waals surface area contributed by atoms with E-state index in [1.54, 1.807) is 0 Å². The molecular formula is H6O3Ru2Sr. The van der Waals surface area contributed by atoms with Crippen LogP contribution in [0.2, 0.25) is 0 Å². The van der Waals surface area contributed by atoms with Gasteiger partial charge in [0.1, 0.15) is 0 Å². The SMILES string of the molecule is O.O.O.[Ru].[Ru].[Sr]. The molecule has 6 heteroatoms. The molecular weight excluding hydrogens is 338 g/mol. The predicted molar refractivity (Wildman–Crippen MR) is 16.6 cm³/mol.